The lowest BCUT2D eigenvalue weighted by atomic mass is 9.92. The standard InChI is InChI=1S/C26H23F3IN3O2.C2H4O2/c27-20-7-6-19(24(23(20)29)32-22-8-5-17(30)11-21(22)28)25(34)33-13-26(35,14-33)12-31-18-9-15-3-1-2-4-16(15)10-18;1-2(3)4/h1-8,11,18,31-32,35H,9-10,12-14H2;1H3,(H,3,4). The second-order valence-corrected chi connectivity index (χ2v) is 10.9. The maximum absolute atomic E-state index is 14.7. The van der Waals surface area contributed by atoms with E-state index in [2.05, 4.69) is 22.8 Å². The number of aliphatic carboxylic acids is 1. The molecule has 1 fully saturated rings. The van der Waals surface area contributed by atoms with Gasteiger partial charge in [-0.25, -0.2) is 13.2 Å². The molecule has 1 aliphatic carbocycles. The number of benzene rings is 3. The number of hydrogen-bond donors (Lipinski definition) is 4. The Morgan fingerprint density at radius 3 is 2.23 bits per heavy atom. The molecule has 0 aromatic heterocycles. The van der Waals surface area contributed by atoms with Crippen LogP contribution in [0.1, 0.15) is 28.4 Å². The second kappa shape index (κ2) is 11.9. The van der Waals surface area contributed by atoms with E-state index in [1.807, 2.05) is 34.7 Å². The van der Waals surface area contributed by atoms with Crippen molar-refractivity contribution in [1.29, 1.82) is 0 Å². The predicted octanol–water partition coefficient (Wildman–Crippen LogP) is 4.49. The number of carbonyl (C=O) groups is 2. The Bertz CT molecular complexity index is 1370. The summed E-state index contributed by atoms with van der Waals surface area (Å²) < 4.78 is 43.6. The van der Waals surface area contributed by atoms with E-state index in [1.165, 1.54) is 34.2 Å². The average Bonchev–Trinajstić information content (AvgIpc) is 3.28. The van der Waals surface area contributed by atoms with Gasteiger partial charge in [-0.2, -0.15) is 0 Å². The molecule has 1 amide bonds. The summed E-state index contributed by atoms with van der Waals surface area (Å²) in [5, 5.41) is 24.2. The lowest BCUT2D eigenvalue weighted by Crippen LogP contribution is -2.67. The third kappa shape index (κ3) is 6.89. The van der Waals surface area contributed by atoms with Crippen LogP contribution < -0.4 is 10.6 Å². The number of rotatable bonds is 6. The summed E-state index contributed by atoms with van der Waals surface area (Å²) in [7, 11) is 0. The number of hydrogen-bond acceptors (Lipinski definition) is 5. The number of β-amino-alcohol motifs (C(OH)–C–C–N with tert-alkyl or cyclic N) is 1. The monoisotopic (exact) mass is 653 g/mol. The summed E-state index contributed by atoms with van der Waals surface area (Å²) in [4.78, 5) is 23.5. The van der Waals surface area contributed by atoms with Gasteiger partial charge in [0.15, 0.2) is 11.6 Å². The number of halogens is 4. The van der Waals surface area contributed by atoms with E-state index in [4.69, 9.17) is 9.90 Å². The number of likely N-dealkylation sites (tertiary alicyclic amines) is 1. The maximum Gasteiger partial charge on any atom is 0.300 e. The molecule has 2 aliphatic rings. The van der Waals surface area contributed by atoms with Gasteiger partial charge in [-0.1, -0.05) is 24.3 Å². The number of nitrogens with zero attached hydrogens (tertiary/aromatic N) is 1. The third-order valence-corrected chi connectivity index (χ3v) is 7.22. The first-order valence-corrected chi connectivity index (χ1v) is 13.2. The molecule has 1 heterocycles. The SMILES string of the molecule is CC(=O)O.O=C(c1ccc(F)c(F)c1Nc1ccc(I)cc1F)N1CC(O)(CNC2Cc3ccccc3C2)C1. The molecule has 3 aromatic rings. The Balaban J connectivity index is 0.000000826. The largest absolute Gasteiger partial charge is 0.481 e. The minimum absolute atomic E-state index is 0.0504. The summed E-state index contributed by atoms with van der Waals surface area (Å²) in [6.45, 7) is 1.50. The van der Waals surface area contributed by atoms with Gasteiger partial charge in [0.1, 0.15) is 11.4 Å². The number of carboxylic acids is 1. The smallest absolute Gasteiger partial charge is 0.300 e. The van der Waals surface area contributed by atoms with Crippen LogP contribution >= 0.6 is 22.6 Å². The summed E-state index contributed by atoms with van der Waals surface area (Å²) in [5.41, 5.74) is 0.829. The van der Waals surface area contributed by atoms with E-state index in [0.717, 1.165) is 25.8 Å². The molecule has 1 saturated heterocycles. The van der Waals surface area contributed by atoms with E-state index in [-0.39, 0.29) is 30.4 Å². The van der Waals surface area contributed by atoms with Gasteiger partial charge in [0, 0.05) is 23.1 Å². The second-order valence-electron chi connectivity index (χ2n) is 9.69. The Hall–Kier alpha value is -3.16. The highest BCUT2D eigenvalue weighted by Gasteiger charge is 2.44. The fraction of sp³-hybridized carbons (Fsp3) is 0.286. The molecule has 0 unspecified atom stereocenters. The molecule has 0 spiro atoms. The number of amides is 1. The first-order chi connectivity index (χ1) is 18.5. The number of carbonyl (C=O) groups excluding carboxylic acids is 1. The first-order valence-electron chi connectivity index (χ1n) is 12.2. The molecule has 3 aromatic carbocycles. The molecule has 7 nitrogen and oxygen atoms in total. The van der Waals surface area contributed by atoms with Gasteiger partial charge in [-0.05, 0) is 76.9 Å². The molecule has 0 saturated carbocycles. The zero-order chi connectivity index (χ0) is 28.3. The molecule has 206 valence electrons. The number of fused-ring (bicyclic) bond motifs is 1. The van der Waals surface area contributed by atoms with Crippen LogP contribution in [0.4, 0.5) is 24.5 Å². The molecule has 39 heavy (non-hydrogen) atoms. The highest BCUT2D eigenvalue weighted by molar-refractivity contribution is 14.1. The first kappa shape index (κ1) is 28.8. The van der Waals surface area contributed by atoms with Gasteiger partial charge in [0.05, 0.1) is 30.0 Å². The van der Waals surface area contributed by atoms with Gasteiger partial charge in [0.2, 0.25) is 0 Å². The van der Waals surface area contributed by atoms with Crippen molar-refractivity contribution in [3.63, 3.8) is 0 Å². The molecular weight excluding hydrogens is 626 g/mol. The lowest BCUT2D eigenvalue weighted by molar-refractivity contribution is -0.134. The number of anilines is 2. The summed E-state index contributed by atoms with van der Waals surface area (Å²) in [6.07, 6.45) is 1.77. The third-order valence-electron chi connectivity index (χ3n) is 6.54. The zero-order valence-electron chi connectivity index (χ0n) is 21.0. The fourth-order valence-corrected chi connectivity index (χ4v) is 5.16. The summed E-state index contributed by atoms with van der Waals surface area (Å²) in [6, 6.07) is 14.7. The minimum atomic E-state index is -1.27. The van der Waals surface area contributed by atoms with Crippen LogP contribution in [0.2, 0.25) is 0 Å². The number of aliphatic hydroxyl groups is 1. The van der Waals surface area contributed by atoms with E-state index in [0.29, 0.717) is 10.1 Å². The van der Waals surface area contributed by atoms with E-state index < -0.39 is 40.6 Å². The van der Waals surface area contributed by atoms with Gasteiger partial charge >= 0.3 is 0 Å². The topological polar surface area (TPSA) is 102 Å². The van der Waals surface area contributed by atoms with Crippen LogP contribution in [0.5, 0.6) is 0 Å². The Morgan fingerprint density at radius 2 is 1.64 bits per heavy atom. The van der Waals surface area contributed by atoms with Gasteiger partial charge in [0.25, 0.3) is 11.9 Å². The summed E-state index contributed by atoms with van der Waals surface area (Å²) in [5.74, 6) is -4.49. The average molecular weight is 653 g/mol. The van der Waals surface area contributed by atoms with Crippen LogP contribution in [0, 0.1) is 21.0 Å². The normalized spacial score (nSPS) is 15.6. The van der Waals surface area contributed by atoms with Crippen LogP contribution in [0.15, 0.2) is 54.6 Å². The van der Waals surface area contributed by atoms with Crippen LogP contribution in [0.3, 0.4) is 0 Å². The molecule has 0 radical (unpaired) electrons. The van der Waals surface area contributed by atoms with Crippen molar-refractivity contribution in [3.8, 4) is 0 Å². The van der Waals surface area contributed by atoms with Crippen LogP contribution in [-0.2, 0) is 17.6 Å². The molecule has 1 aliphatic heterocycles. The highest BCUT2D eigenvalue weighted by atomic mass is 127. The highest BCUT2D eigenvalue weighted by Crippen LogP contribution is 2.32. The lowest BCUT2D eigenvalue weighted by Gasteiger charge is -2.47. The Labute approximate surface area is 237 Å². The van der Waals surface area contributed by atoms with Crippen molar-refractivity contribution in [2.45, 2.75) is 31.4 Å². The zero-order valence-corrected chi connectivity index (χ0v) is 23.1. The van der Waals surface area contributed by atoms with E-state index in [1.54, 1.807) is 6.07 Å². The van der Waals surface area contributed by atoms with Gasteiger partial charge in [-0.15, -0.1) is 0 Å². The molecule has 5 rings (SSSR count). The molecule has 0 bridgehead atoms. The van der Waals surface area contributed by atoms with Crippen LogP contribution in [0.25, 0.3) is 0 Å². The Morgan fingerprint density at radius 1 is 1.03 bits per heavy atom. The van der Waals surface area contributed by atoms with Crippen LogP contribution in [-0.4, -0.2) is 58.3 Å². The van der Waals surface area contributed by atoms with E-state index in [9.17, 15) is 23.1 Å². The molecule has 11 heteroatoms. The number of nitrogens with one attached hydrogen (secondary N) is 2. The molecular formula is C28H27F3IN3O4. The molecule has 4 N–H and O–H groups in total. The van der Waals surface area contributed by atoms with Crippen molar-refractivity contribution >= 4 is 45.8 Å². The van der Waals surface area contributed by atoms with Crippen molar-refractivity contribution in [3.05, 3.63) is 92.3 Å². The van der Waals surface area contributed by atoms with Crippen molar-refractivity contribution in [1.82, 2.24) is 10.2 Å². The Kier molecular flexibility index (Phi) is 8.82. The van der Waals surface area contributed by atoms with Gasteiger partial charge < -0.3 is 25.7 Å². The van der Waals surface area contributed by atoms with Crippen molar-refractivity contribution in [2.75, 3.05) is 25.0 Å². The van der Waals surface area contributed by atoms with E-state index >= 15 is 0 Å². The minimum Gasteiger partial charge on any atom is -0.481 e. The molecule has 0 atom stereocenters. The predicted molar refractivity (Wildman–Crippen MR) is 149 cm³/mol. The fourth-order valence-electron chi connectivity index (χ4n) is 4.70. The van der Waals surface area contributed by atoms with Gasteiger partial charge in [-0.3, -0.25) is 9.59 Å². The maximum atomic E-state index is 14.7. The van der Waals surface area contributed by atoms with Crippen molar-refractivity contribution in [2.24, 2.45) is 0 Å². The number of carboxylic acid groups (broad SMARTS) is 1. The quantitative estimate of drug-likeness (QED) is 0.293. The van der Waals surface area contributed by atoms with Crippen molar-refractivity contribution < 1.29 is 33.0 Å². The summed E-state index contributed by atoms with van der Waals surface area (Å²) >= 11 is 1.93.